The highest BCUT2D eigenvalue weighted by Gasteiger charge is 2.36. The summed E-state index contributed by atoms with van der Waals surface area (Å²) in [6, 6.07) is 8.24. The fraction of sp³-hybridized carbons (Fsp3) is 0.438. The molecule has 1 aromatic carbocycles. The average molecular weight is 273 g/mol. The summed E-state index contributed by atoms with van der Waals surface area (Å²) >= 11 is 0. The Morgan fingerprint density at radius 3 is 2.25 bits per heavy atom. The summed E-state index contributed by atoms with van der Waals surface area (Å²) in [5.74, 6) is -0.960. The number of hydrogen-bond donors (Lipinski definition) is 1. The van der Waals surface area contributed by atoms with E-state index < -0.39 is 11.4 Å². The van der Waals surface area contributed by atoms with Gasteiger partial charge < -0.3 is 5.11 Å². The van der Waals surface area contributed by atoms with Gasteiger partial charge in [-0.3, -0.25) is 9.59 Å². The van der Waals surface area contributed by atoms with Crippen LogP contribution in [-0.4, -0.2) is 16.9 Å². The van der Waals surface area contributed by atoms with Gasteiger partial charge in [0, 0.05) is 12.0 Å². The Kier molecular flexibility index (Phi) is 5.04. The van der Waals surface area contributed by atoms with Crippen LogP contribution in [-0.2, 0) is 4.79 Å². The van der Waals surface area contributed by atoms with Gasteiger partial charge in [0.1, 0.15) is 0 Å². The van der Waals surface area contributed by atoms with E-state index in [0.717, 1.165) is 0 Å². The monoisotopic (exact) mass is 273 g/mol. The molecule has 1 rings (SSSR count). The molecule has 0 amide bonds. The molecular weight excluding hydrogens is 254 g/mol. The molecule has 1 unspecified atom stereocenters. The molecule has 0 aromatic heterocycles. The summed E-state index contributed by atoms with van der Waals surface area (Å²) in [4.78, 5) is 23.6. The van der Waals surface area contributed by atoms with Gasteiger partial charge in [0.15, 0.2) is 5.78 Å². The third kappa shape index (κ3) is 3.92. The molecule has 0 radical (unpaired) electrons. The molecule has 0 saturated carbocycles. The number of nitrogens with zero attached hydrogens (tertiary/aromatic N) is 1. The lowest BCUT2D eigenvalue weighted by Crippen LogP contribution is -2.32. The van der Waals surface area contributed by atoms with E-state index in [4.69, 9.17) is 5.26 Å². The van der Waals surface area contributed by atoms with Crippen molar-refractivity contribution in [2.75, 3.05) is 0 Å². The first-order valence-electron chi connectivity index (χ1n) is 6.55. The third-order valence-corrected chi connectivity index (χ3v) is 3.26. The summed E-state index contributed by atoms with van der Waals surface area (Å²) in [7, 11) is 0. The topological polar surface area (TPSA) is 78.2 Å². The van der Waals surface area contributed by atoms with Crippen LogP contribution in [0.5, 0.6) is 0 Å². The minimum atomic E-state index is -1.06. The molecule has 0 aliphatic heterocycles. The number of aliphatic carboxylic acids is 1. The van der Waals surface area contributed by atoms with Crippen molar-refractivity contribution in [1.29, 1.82) is 5.26 Å². The van der Waals surface area contributed by atoms with Crippen molar-refractivity contribution in [2.45, 2.75) is 33.6 Å². The molecule has 1 aromatic rings. The molecule has 0 bridgehead atoms. The minimum absolute atomic E-state index is 0.0353. The van der Waals surface area contributed by atoms with Gasteiger partial charge in [-0.05, 0) is 31.4 Å². The molecule has 0 fully saturated rings. The van der Waals surface area contributed by atoms with Crippen molar-refractivity contribution in [3.63, 3.8) is 0 Å². The second-order valence-electron chi connectivity index (χ2n) is 5.75. The number of carbonyl (C=O) groups excluding carboxylic acids is 1. The number of carbonyl (C=O) groups is 2. The zero-order valence-corrected chi connectivity index (χ0v) is 12.0. The largest absolute Gasteiger partial charge is 0.481 e. The zero-order valence-electron chi connectivity index (χ0n) is 12.0. The Labute approximate surface area is 119 Å². The van der Waals surface area contributed by atoms with Crippen LogP contribution in [0.1, 0.15) is 49.5 Å². The highest BCUT2D eigenvalue weighted by atomic mass is 16.4. The van der Waals surface area contributed by atoms with E-state index in [1.165, 1.54) is 0 Å². The maximum Gasteiger partial charge on any atom is 0.309 e. The first-order valence-corrected chi connectivity index (χ1v) is 6.55. The smallest absolute Gasteiger partial charge is 0.309 e. The molecule has 20 heavy (non-hydrogen) atoms. The fourth-order valence-corrected chi connectivity index (χ4v) is 2.32. The van der Waals surface area contributed by atoms with Gasteiger partial charge in [-0.1, -0.05) is 26.0 Å². The quantitative estimate of drug-likeness (QED) is 0.807. The Bertz CT molecular complexity index is 540. The summed E-state index contributed by atoms with van der Waals surface area (Å²) in [5, 5.41) is 18.1. The molecule has 0 aliphatic carbocycles. The Hall–Kier alpha value is -2.15. The molecule has 4 heteroatoms. The van der Waals surface area contributed by atoms with E-state index in [0.29, 0.717) is 17.5 Å². The molecule has 0 saturated heterocycles. The number of ketones is 1. The van der Waals surface area contributed by atoms with Gasteiger partial charge >= 0.3 is 5.97 Å². The summed E-state index contributed by atoms with van der Waals surface area (Å²) in [6.07, 6.45) is 0.413. The van der Waals surface area contributed by atoms with Crippen LogP contribution in [0, 0.1) is 22.7 Å². The predicted octanol–water partition coefficient (Wildman–Crippen LogP) is 3.27. The molecule has 1 N–H and O–H groups in total. The van der Waals surface area contributed by atoms with Gasteiger partial charge in [-0.15, -0.1) is 0 Å². The van der Waals surface area contributed by atoms with Crippen molar-refractivity contribution in [1.82, 2.24) is 0 Å². The summed E-state index contributed by atoms with van der Waals surface area (Å²) in [5.41, 5.74) is -0.135. The van der Waals surface area contributed by atoms with Crippen molar-refractivity contribution in [3.8, 4) is 6.07 Å². The zero-order chi connectivity index (χ0) is 15.3. The standard InChI is InChI=1S/C16H19NO3/c1-11(2)8-16(3,15(19)20)9-14(18)13-6-4-12(10-17)5-7-13/h4-7,11H,8-9H2,1-3H3,(H,19,20). The van der Waals surface area contributed by atoms with E-state index in [1.807, 2.05) is 19.9 Å². The van der Waals surface area contributed by atoms with E-state index in [9.17, 15) is 14.7 Å². The molecule has 106 valence electrons. The van der Waals surface area contributed by atoms with Crippen LogP contribution >= 0.6 is 0 Å². The highest BCUT2D eigenvalue weighted by Crippen LogP contribution is 2.31. The van der Waals surface area contributed by atoms with Gasteiger partial charge in [0.25, 0.3) is 0 Å². The lowest BCUT2D eigenvalue weighted by Gasteiger charge is -2.26. The van der Waals surface area contributed by atoms with E-state index in [-0.39, 0.29) is 18.1 Å². The maximum absolute atomic E-state index is 12.2. The number of nitriles is 1. The number of benzene rings is 1. The second kappa shape index (κ2) is 6.33. The van der Waals surface area contributed by atoms with Gasteiger partial charge in [-0.25, -0.2) is 0 Å². The Morgan fingerprint density at radius 1 is 1.30 bits per heavy atom. The molecule has 4 nitrogen and oxygen atoms in total. The van der Waals surface area contributed by atoms with Crippen LogP contribution in [0.15, 0.2) is 24.3 Å². The molecule has 0 aliphatic rings. The summed E-state index contributed by atoms with van der Waals surface area (Å²) in [6.45, 7) is 5.48. The second-order valence-corrected chi connectivity index (χ2v) is 5.75. The van der Waals surface area contributed by atoms with Crippen molar-refractivity contribution in [3.05, 3.63) is 35.4 Å². The van der Waals surface area contributed by atoms with E-state index >= 15 is 0 Å². The third-order valence-electron chi connectivity index (χ3n) is 3.26. The molecule has 0 spiro atoms. The Morgan fingerprint density at radius 2 is 1.85 bits per heavy atom. The summed E-state index contributed by atoms with van der Waals surface area (Å²) < 4.78 is 0. The van der Waals surface area contributed by atoms with Gasteiger partial charge in [0.05, 0.1) is 17.0 Å². The number of carboxylic acids is 1. The predicted molar refractivity (Wildman–Crippen MR) is 75.3 cm³/mol. The Balaban J connectivity index is 2.91. The first-order chi connectivity index (χ1) is 9.28. The van der Waals surface area contributed by atoms with E-state index in [2.05, 4.69) is 0 Å². The van der Waals surface area contributed by atoms with Gasteiger partial charge in [0.2, 0.25) is 0 Å². The van der Waals surface area contributed by atoms with E-state index in [1.54, 1.807) is 31.2 Å². The average Bonchev–Trinajstić information content (AvgIpc) is 2.37. The number of hydrogen-bond acceptors (Lipinski definition) is 3. The van der Waals surface area contributed by atoms with Crippen LogP contribution < -0.4 is 0 Å². The van der Waals surface area contributed by atoms with Gasteiger partial charge in [-0.2, -0.15) is 5.26 Å². The number of Topliss-reactive ketones (excluding diaryl/α,β-unsaturated/α-hetero) is 1. The number of rotatable bonds is 6. The molecular formula is C16H19NO3. The lowest BCUT2D eigenvalue weighted by atomic mass is 9.77. The van der Waals surface area contributed by atoms with Crippen LogP contribution in [0.4, 0.5) is 0 Å². The first kappa shape index (κ1) is 15.9. The van der Waals surface area contributed by atoms with Crippen LogP contribution in [0.2, 0.25) is 0 Å². The maximum atomic E-state index is 12.2. The normalized spacial score (nSPS) is 13.6. The van der Waals surface area contributed by atoms with Crippen LogP contribution in [0.3, 0.4) is 0 Å². The highest BCUT2D eigenvalue weighted by molar-refractivity contribution is 5.98. The number of carboxylic acid groups (broad SMARTS) is 1. The van der Waals surface area contributed by atoms with Crippen molar-refractivity contribution >= 4 is 11.8 Å². The lowest BCUT2D eigenvalue weighted by molar-refractivity contribution is -0.148. The van der Waals surface area contributed by atoms with Crippen LogP contribution in [0.25, 0.3) is 0 Å². The molecule has 1 atom stereocenters. The van der Waals surface area contributed by atoms with Crippen molar-refractivity contribution in [2.24, 2.45) is 11.3 Å². The molecule has 0 heterocycles. The fourth-order valence-electron chi connectivity index (χ4n) is 2.32. The van der Waals surface area contributed by atoms with Crippen molar-refractivity contribution < 1.29 is 14.7 Å². The minimum Gasteiger partial charge on any atom is -0.481 e. The SMILES string of the molecule is CC(C)CC(C)(CC(=O)c1ccc(C#N)cc1)C(=O)O.